The van der Waals surface area contributed by atoms with Gasteiger partial charge in [-0.3, -0.25) is 4.79 Å². The van der Waals surface area contributed by atoms with Gasteiger partial charge in [0, 0.05) is 18.7 Å². The number of rotatable bonds is 6. The summed E-state index contributed by atoms with van der Waals surface area (Å²) in [4.78, 5) is 14.2. The second kappa shape index (κ2) is 7.70. The minimum atomic E-state index is 0.148. The molecule has 0 unspecified atom stereocenters. The van der Waals surface area contributed by atoms with Crippen molar-refractivity contribution >= 4 is 12.0 Å². The molecule has 0 bridgehead atoms. The first-order chi connectivity index (χ1) is 8.69. The van der Waals surface area contributed by atoms with E-state index in [9.17, 15) is 4.79 Å². The summed E-state index contributed by atoms with van der Waals surface area (Å²) in [5.41, 5.74) is 1.88. The predicted octanol–water partition coefficient (Wildman–Crippen LogP) is 3.74. The van der Waals surface area contributed by atoms with E-state index in [0.717, 1.165) is 37.1 Å². The third kappa shape index (κ3) is 4.36. The number of hydrogen-bond donors (Lipinski definition) is 0. The fourth-order valence-electron chi connectivity index (χ4n) is 1.86. The second-order valence-corrected chi connectivity index (χ2v) is 4.48. The van der Waals surface area contributed by atoms with Crippen LogP contribution in [0.5, 0.6) is 0 Å². The van der Waals surface area contributed by atoms with Gasteiger partial charge in [0.2, 0.25) is 5.91 Å². The van der Waals surface area contributed by atoms with Gasteiger partial charge in [0.1, 0.15) is 0 Å². The van der Waals surface area contributed by atoms with E-state index in [1.54, 1.807) is 0 Å². The first-order valence-electron chi connectivity index (χ1n) is 6.71. The fraction of sp³-hybridized carbons (Fsp3) is 0.438. The van der Waals surface area contributed by atoms with Gasteiger partial charge >= 0.3 is 0 Å². The summed E-state index contributed by atoms with van der Waals surface area (Å²) in [6.45, 7) is 7.70. The standard InChI is InChI=1S/C16H23NO/c1-4-6-12-17(5-2)16(18)14(3)13-15-10-8-7-9-11-15/h7-11,13H,4-6,12H2,1-3H3/b14-13+. The fourth-order valence-corrected chi connectivity index (χ4v) is 1.86. The van der Waals surface area contributed by atoms with Gasteiger partial charge in [-0.2, -0.15) is 0 Å². The molecule has 0 heterocycles. The summed E-state index contributed by atoms with van der Waals surface area (Å²) in [5, 5.41) is 0. The highest BCUT2D eigenvalue weighted by Crippen LogP contribution is 2.09. The predicted molar refractivity (Wildman–Crippen MR) is 77.3 cm³/mol. The molecule has 98 valence electrons. The molecule has 1 rings (SSSR count). The number of hydrogen-bond acceptors (Lipinski definition) is 1. The largest absolute Gasteiger partial charge is 0.339 e. The molecule has 0 fully saturated rings. The summed E-state index contributed by atoms with van der Waals surface area (Å²) in [6.07, 6.45) is 4.14. The Morgan fingerprint density at radius 2 is 1.89 bits per heavy atom. The van der Waals surface area contributed by atoms with Crippen molar-refractivity contribution in [1.82, 2.24) is 4.90 Å². The van der Waals surface area contributed by atoms with E-state index in [-0.39, 0.29) is 5.91 Å². The highest BCUT2D eigenvalue weighted by molar-refractivity contribution is 5.97. The van der Waals surface area contributed by atoms with E-state index >= 15 is 0 Å². The van der Waals surface area contributed by atoms with Gasteiger partial charge < -0.3 is 4.90 Å². The van der Waals surface area contributed by atoms with Crippen LogP contribution < -0.4 is 0 Å². The van der Waals surface area contributed by atoms with Crippen LogP contribution in [0.25, 0.3) is 6.08 Å². The zero-order valence-electron chi connectivity index (χ0n) is 11.6. The van der Waals surface area contributed by atoms with Gasteiger partial charge in [-0.1, -0.05) is 43.7 Å². The van der Waals surface area contributed by atoms with Crippen LogP contribution >= 0.6 is 0 Å². The number of carbonyl (C=O) groups excluding carboxylic acids is 1. The monoisotopic (exact) mass is 245 g/mol. The molecule has 0 aliphatic carbocycles. The Balaban J connectivity index is 2.73. The zero-order chi connectivity index (χ0) is 13.4. The normalized spacial score (nSPS) is 11.4. The molecule has 2 nitrogen and oxygen atoms in total. The van der Waals surface area contributed by atoms with Crippen molar-refractivity contribution < 1.29 is 4.79 Å². The molecule has 0 saturated carbocycles. The molecule has 0 atom stereocenters. The Bertz CT molecular complexity index is 395. The van der Waals surface area contributed by atoms with Crippen molar-refractivity contribution in [1.29, 1.82) is 0 Å². The lowest BCUT2D eigenvalue weighted by Gasteiger charge is -2.20. The topological polar surface area (TPSA) is 20.3 Å². The quantitative estimate of drug-likeness (QED) is 0.699. The average Bonchev–Trinajstić information content (AvgIpc) is 2.40. The molecule has 0 aliphatic heterocycles. The molecule has 1 amide bonds. The minimum Gasteiger partial charge on any atom is -0.339 e. The summed E-state index contributed by atoms with van der Waals surface area (Å²) in [6, 6.07) is 9.98. The van der Waals surface area contributed by atoms with E-state index in [4.69, 9.17) is 0 Å². The van der Waals surface area contributed by atoms with Gasteiger partial charge in [0.15, 0.2) is 0 Å². The van der Waals surface area contributed by atoms with E-state index < -0.39 is 0 Å². The van der Waals surface area contributed by atoms with Crippen LogP contribution in [0, 0.1) is 0 Å². The molecule has 0 aromatic heterocycles. The van der Waals surface area contributed by atoms with Gasteiger partial charge in [0.25, 0.3) is 0 Å². The van der Waals surface area contributed by atoms with Crippen LogP contribution in [0.3, 0.4) is 0 Å². The molecule has 0 spiro atoms. The molecule has 2 heteroatoms. The Labute approximate surface area is 110 Å². The maximum absolute atomic E-state index is 12.2. The maximum Gasteiger partial charge on any atom is 0.249 e. The maximum atomic E-state index is 12.2. The van der Waals surface area contributed by atoms with Crippen molar-refractivity contribution in [3.63, 3.8) is 0 Å². The Kier molecular flexibility index (Phi) is 6.20. The molecular formula is C16H23NO. The number of amides is 1. The van der Waals surface area contributed by atoms with Gasteiger partial charge in [-0.25, -0.2) is 0 Å². The third-order valence-corrected chi connectivity index (χ3v) is 2.97. The summed E-state index contributed by atoms with van der Waals surface area (Å²) >= 11 is 0. The van der Waals surface area contributed by atoms with Crippen LogP contribution in [-0.4, -0.2) is 23.9 Å². The number of carbonyl (C=O) groups is 1. The number of benzene rings is 1. The van der Waals surface area contributed by atoms with Crippen LogP contribution in [-0.2, 0) is 4.79 Å². The third-order valence-electron chi connectivity index (χ3n) is 2.97. The molecule has 0 radical (unpaired) electrons. The number of likely N-dealkylation sites (N-methyl/N-ethyl adjacent to an activating group) is 1. The Hall–Kier alpha value is -1.57. The molecule has 0 saturated heterocycles. The lowest BCUT2D eigenvalue weighted by Crippen LogP contribution is -2.32. The van der Waals surface area contributed by atoms with Crippen molar-refractivity contribution in [3.8, 4) is 0 Å². The van der Waals surface area contributed by atoms with Crippen LogP contribution in [0.15, 0.2) is 35.9 Å². The summed E-state index contributed by atoms with van der Waals surface area (Å²) < 4.78 is 0. The molecule has 1 aromatic carbocycles. The SMILES string of the molecule is CCCCN(CC)C(=O)/C(C)=C/c1ccccc1. The van der Waals surface area contributed by atoms with E-state index in [1.807, 2.05) is 55.2 Å². The van der Waals surface area contributed by atoms with Gasteiger partial charge in [0.05, 0.1) is 0 Å². The van der Waals surface area contributed by atoms with Gasteiger partial charge in [-0.05, 0) is 31.9 Å². The number of nitrogens with zero attached hydrogens (tertiary/aromatic N) is 1. The second-order valence-electron chi connectivity index (χ2n) is 4.48. The lowest BCUT2D eigenvalue weighted by atomic mass is 10.1. The van der Waals surface area contributed by atoms with Crippen molar-refractivity contribution in [3.05, 3.63) is 41.5 Å². The molecular weight excluding hydrogens is 222 g/mol. The molecule has 18 heavy (non-hydrogen) atoms. The Morgan fingerprint density at radius 1 is 1.22 bits per heavy atom. The highest BCUT2D eigenvalue weighted by Gasteiger charge is 2.12. The van der Waals surface area contributed by atoms with E-state index in [2.05, 4.69) is 6.92 Å². The van der Waals surface area contributed by atoms with Crippen LogP contribution in [0.4, 0.5) is 0 Å². The molecule has 0 N–H and O–H groups in total. The van der Waals surface area contributed by atoms with Crippen molar-refractivity contribution in [2.45, 2.75) is 33.6 Å². The smallest absolute Gasteiger partial charge is 0.249 e. The van der Waals surface area contributed by atoms with Gasteiger partial charge in [-0.15, -0.1) is 0 Å². The van der Waals surface area contributed by atoms with Crippen LogP contribution in [0.2, 0.25) is 0 Å². The highest BCUT2D eigenvalue weighted by atomic mass is 16.2. The number of unbranched alkanes of at least 4 members (excludes halogenated alkanes) is 1. The summed E-state index contributed by atoms with van der Waals surface area (Å²) in [5.74, 6) is 0.148. The Morgan fingerprint density at radius 3 is 2.44 bits per heavy atom. The summed E-state index contributed by atoms with van der Waals surface area (Å²) in [7, 11) is 0. The van der Waals surface area contributed by atoms with Crippen LogP contribution in [0.1, 0.15) is 39.2 Å². The van der Waals surface area contributed by atoms with E-state index in [1.165, 1.54) is 0 Å². The van der Waals surface area contributed by atoms with Crippen molar-refractivity contribution in [2.24, 2.45) is 0 Å². The zero-order valence-corrected chi connectivity index (χ0v) is 11.6. The first-order valence-corrected chi connectivity index (χ1v) is 6.71. The molecule has 0 aliphatic rings. The first kappa shape index (κ1) is 14.5. The molecule has 1 aromatic rings. The average molecular weight is 245 g/mol. The minimum absolute atomic E-state index is 0.148. The van der Waals surface area contributed by atoms with E-state index in [0.29, 0.717) is 0 Å². The van der Waals surface area contributed by atoms with Crippen molar-refractivity contribution in [2.75, 3.05) is 13.1 Å². The lowest BCUT2D eigenvalue weighted by molar-refractivity contribution is -0.126.